The third-order valence-corrected chi connectivity index (χ3v) is 3.29. The fourth-order valence-electron chi connectivity index (χ4n) is 1.94. The van der Waals surface area contributed by atoms with E-state index in [4.69, 9.17) is 4.74 Å². The molecule has 1 aromatic heterocycles. The Morgan fingerprint density at radius 1 is 1.58 bits per heavy atom. The second kappa shape index (κ2) is 5.42. The van der Waals surface area contributed by atoms with Crippen LogP contribution in [0.25, 0.3) is 0 Å². The number of carboxylic acids is 1. The Hall–Kier alpha value is -1.85. The maximum atomic E-state index is 11.4. The van der Waals surface area contributed by atoms with E-state index in [1.807, 2.05) is 6.92 Å². The molecule has 1 aliphatic carbocycles. The van der Waals surface area contributed by atoms with Crippen molar-refractivity contribution in [3.8, 4) is 5.88 Å². The SMILES string of the molecule is CCCOc1cncc(NC(C)(C(=O)O)C2CC2)n1. The van der Waals surface area contributed by atoms with Gasteiger partial charge in [-0.1, -0.05) is 6.92 Å². The van der Waals surface area contributed by atoms with Crippen LogP contribution in [-0.2, 0) is 4.79 Å². The fourth-order valence-corrected chi connectivity index (χ4v) is 1.94. The molecule has 2 rings (SSSR count). The Morgan fingerprint density at radius 2 is 2.32 bits per heavy atom. The van der Waals surface area contributed by atoms with E-state index in [2.05, 4.69) is 15.3 Å². The molecule has 0 bridgehead atoms. The van der Waals surface area contributed by atoms with E-state index >= 15 is 0 Å². The Balaban J connectivity index is 2.11. The van der Waals surface area contributed by atoms with Gasteiger partial charge in [0, 0.05) is 0 Å². The molecule has 0 radical (unpaired) electrons. The molecule has 6 heteroatoms. The van der Waals surface area contributed by atoms with Crippen LogP contribution in [0, 0.1) is 5.92 Å². The van der Waals surface area contributed by atoms with Crippen molar-refractivity contribution in [1.29, 1.82) is 0 Å². The zero-order valence-corrected chi connectivity index (χ0v) is 11.2. The molecule has 104 valence electrons. The lowest BCUT2D eigenvalue weighted by Crippen LogP contribution is -2.45. The lowest BCUT2D eigenvalue weighted by molar-refractivity contribution is -0.142. The summed E-state index contributed by atoms with van der Waals surface area (Å²) in [4.78, 5) is 19.7. The van der Waals surface area contributed by atoms with Crippen molar-refractivity contribution >= 4 is 11.8 Å². The van der Waals surface area contributed by atoms with Crippen LogP contribution in [0.5, 0.6) is 5.88 Å². The number of carboxylic acid groups (broad SMARTS) is 1. The highest BCUT2D eigenvalue weighted by Crippen LogP contribution is 2.41. The van der Waals surface area contributed by atoms with Crippen molar-refractivity contribution in [2.45, 2.75) is 38.6 Å². The minimum absolute atomic E-state index is 0.145. The number of anilines is 1. The van der Waals surface area contributed by atoms with Crippen LogP contribution in [0.3, 0.4) is 0 Å². The van der Waals surface area contributed by atoms with Crippen molar-refractivity contribution in [3.63, 3.8) is 0 Å². The first-order valence-electron chi connectivity index (χ1n) is 6.52. The number of rotatable bonds is 7. The molecule has 1 unspecified atom stereocenters. The van der Waals surface area contributed by atoms with Crippen molar-refractivity contribution in [1.82, 2.24) is 9.97 Å². The summed E-state index contributed by atoms with van der Waals surface area (Å²) in [6.45, 7) is 4.26. The van der Waals surface area contributed by atoms with Gasteiger partial charge in [-0.05, 0) is 32.1 Å². The minimum atomic E-state index is -0.988. The second-order valence-corrected chi connectivity index (χ2v) is 5.00. The topological polar surface area (TPSA) is 84.3 Å². The average Bonchev–Trinajstić information content (AvgIpc) is 3.21. The lowest BCUT2D eigenvalue weighted by atomic mass is 9.96. The first-order chi connectivity index (χ1) is 9.06. The predicted octanol–water partition coefficient (Wildman–Crippen LogP) is 1.93. The normalized spacial score (nSPS) is 17.6. The fraction of sp³-hybridized carbons (Fsp3) is 0.615. The standard InChI is InChI=1S/C13H19N3O3/c1-3-6-19-11-8-14-7-10(15-11)16-13(2,12(17)18)9-4-5-9/h7-9H,3-6H2,1-2H3,(H,15,16)(H,17,18). The summed E-state index contributed by atoms with van der Waals surface area (Å²) in [5, 5.41) is 12.4. The van der Waals surface area contributed by atoms with Gasteiger partial charge in [-0.15, -0.1) is 0 Å². The molecule has 19 heavy (non-hydrogen) atoms. The van der Waals surface area contributed by atoms with Gasteiger partial charge in [0.2, 0.25) is 5.88 Å². The van der Waals surface area contributed by atoms with Crippen molar-refractivity contribution in [3.05, 3.63) is 12.4 Å². The molecular weight excluding hydrogens is 246 g/mol. The van der Waals surface area contributed by atoms with Gasteiger partial charge in [-0.25, -0.2) is 4.79 Å². The zero-order chi connectivity index (χ0) is 13.9. The lowest BCUT2D eigenvalue weighted by Gasteiger charge is -2.26. The number of hydrogen-bond donors (Lipinski definition) is 2. The number of aromatic nitrogens is 2. The Bertz CT molecular complexity index is 462. The van der Waals surface area contributed by atoms with Crippen LogP contribution in [0.2, 0.25) is 0 Å². The number of nitrogens with zero attached hydrogens (tertiary/aromatic N) is 2. The highest BCUT2D eigenvalue weighted by atomic mass is 16.5. The molecule has 6 nitrogen and oxygen atoms in total. The molecule has 0 spiro atoms. The highest BCUT2D eigenvalue weighted by Gasteiger charge is 2.47. The monoisotopic (exact) mass is 265 g/mol. The number of carbonyl (C=O) groups is 1. The number of ether oxygens (including phenoxy) is 1. The maximum absolute atomic E-state index is 11.4. The number of aliphatic carboxylic acids is 1. The third kappa shape index (κ3) is 3.13. The molecule has 1 atom stereocenters. The van der Waals surface area contributed by atoms with Gasteiger partial charge in [0.25, 0.3) is 0 Å². The summed E-state index contributed by atoms with van der Waals surface area (Å²) in [5.41, 5.74) is -0.988. The zero-order valence-electron chi connectivity index (χ0n) is 11.2. The molecule has 1 saturated carbocycles. The quantitative estimate of drug-likeness (QED) is 0.783. The van der Waals surface area contributed by atoms with E-state index in [0.717, 1.165) is 19.3 Å². The van der Waals surface area contributed by atoms with E-state index in [1.54, 1.807) is 6.92 Å². The van der Waals surface area contributed by atoms with E-state index in [-0.39, 0.29) is 5.92 Å². The Morgan fingerprint density at radius 3 is 2.89 bits per heavy atom. The largest absolute Gasteiger partial charge is 0.480 e. The predicted molar refractivity (Wildman–Crippen MR) is 70.2 cm³/mol. The molecule has 0 saturated heterocycles. The highest BCUT2D eigenvalue weighted by molar-refractivity contribution is 5.82. The van der Waals surface area contributed by atoms with Gasteiger partial charge in [-0.3, -0.25) is 4.98 Å². The van der Waals surface area contributed by atoms with Crippen LogP contribution in [0.4, 0.5) is 5.82 Å². The van der Waals surface area contributed by atoms with Gasteiger partial charge in [-0.2, -0.15) is 4.98 Å². The van der Waals surface area contributed by atoms with Crippen molar-refractivity contribution in [2.24, 2.45) is 5.92 Å². The van der Waals surface area contributed by atoms with E-state index in [0.29, 0.717) is 18.3 Å². The van der Waals surface area contributed by atoms with Gasteiger partial charge >= 0.3 is 5.97 Å². The summed E-state index contributed by atoms with van der Waals surface area (Å²) in [6.07, 6.45) is 5.78. The Kier molecular flexibility index (Phi) is 3.87. The van der Waals surface area contributed by atoms with Crippen LogP contribution >= 0.6 is 0 Å². The molecular formula is C13H19N3O3. The molecule has 0 aliphatic heterocycles. The van der Waals surface area contributed by atoms with Crippen LogP contribution < -0.4 is 10.1 Å². The van der Waals surface area contributed by atoms with E-state index in [9.17, 15) is 9.90 Å². The number of nitrogens with one attached hydrogen (secondary N) is 1. The summed E-state index contributed by atoms with van der Waals surface area (Å²) in [7, 11) is 0. The molecule has 1 aliphatic rings. The smallest absolute Gasteiger partial charge is 0.329 e. The van der Waals surface area contributed by atoms with Gasteiger partial charge in [0.15, 0.2) is 0 Å². The summed E-state index contributed by atoms with van der Waals surface area (Å²) in [5.74, 6) is 0.129. The summed E-state index contributed by atoms with van der Waals surface area (Å²) in [6, 6.07) is 0. The molecule has 0 aromatic carbocycles. The molecule has 0 amide bonds. The first-order valence-corrected chi connectivity index (χ1v) is 6.52. The maximum Gasteiger partial charge on any atom is 0.329 e. The minimum Gasteiger partial charge on any atom is -0.480 e. The average molecular weight is 265 g/mol. The van der Waals surface area contributed by atoms with E-state index < -0.39 is 11.5 Å². The van der Waals surface area contributed by atoms with Crippen LogP contribution in [-0.4, -0.2) is 33.2 Å². The molecule has 2 N–H and O–H groups in total. The van der Waals surface area contributed by atoms with Gasteiger partial charge in [0.1, 0.15) is 11.4 Å². The van der Waals surface area contributed by atoms with Crippen molar-refractivity contribution < 1.29 is 14.6 Å². The van der Waals surface area contributed by atoms with Crippen LogP contribution in [0.15, 0.2) is 12.4 Å². The third-order valence-electron chi connectivity index (χ3n) is 3.29. The van der Waals surface area contributed by atoms with Gasteiger partial charge < -0.3 is 15.2 Å². The molecule has 1 heterocycles. The summed E-state index contributed by atoms with van der Waals surface area (Å²) < 4.78 is 5.39. The molecule has 1 aromatic rings. The van der Waals surface area contributed by atoms with Gasteiger partial charge in [0.05, 0.1) is 19.0 Å². The summed E-state index contributed by atoms with van der Waals surface area (Å²) >= 11 is 0. The van der Waals surface area contributed by atoms with Crippen LogP contribution in [0.1, 0.15) is 33.1 Å². The molecule has 1 fully saturated rings. The first kappa shape index (κ1) is 13.6. The second-order valence-electron chi connectivity index (χ2n) is 5.00. The Labute approximate surface area is 112 Å². The van der Waals surface area contributed by atoms with Crippen molar-refractivity contribution in [2.75, 3.05) is 11.9 Å². The number of hydrogen-bond acceptors (Lipinski definition) is 5. The van der Waals surface area contributed by atoms with E-state index in [1.165, 1.54) is 12.4 Å².